The first-order valence-corrected chi connectivity index (χ1v) is 8.50. The third-order valence-electron chi connectivity index (χ3n) is 3.31. The highest BCUT2D eigenvalue weighted by Gasteiger charge is 2.23. The SMILES string of the molecule is COC(=O)C(CCSC)NC(=O)c1cc(O)ccc1C(C)C. The smallest absolute Gasteiger partial charge is 0.328 e. The van der Waals surface area contributed by atoms with Gasteiger partial charge in [-0.15, -0.1) is 0 Å². The van der Waals surface area contributed by atoms with E-state index in [2.05, 4.69) is 5.32 Å². The van der Waals surface area contributed by atoms with Crippen LogP contribution in [0.2, 0.25) is 0 Å². The fourth-order valence-corrected chi connectivity index (χ4v) is 2.58. The summed E-state index contributed by atoms with van der Waals surface area (Å²) in [5, 5.41) is 12.3. The quantitative estimate of drug-likeness (QED) is 0.754. The Hall–Kier alpha value is -1.69. The average molecular weight is 325 g/mol. The number of rotatable bonds is 7. The molecule has 122 valence electrons. The van der Waals surface area contributed by atoms with E-state index in [0.29, 0.717) is 12.0 Å². The molecule has 0 saturated heterocycles. The molecule has 0 spiro atoms. The predicted molar refractivity (Wildman–Crippen MR) is 88.5 cm³/mol. The lowest BCUT2D eigenvalue weighted by Gasteiger charge is -2.18. The van der Waals surface area contributed by atoms with E-state index in [0.717, 1.165) is 11.3 Å². The number of nitrogens with one attached hydrogen (secondary N) is 1. The van der Waals surface area contributed by atoms with Gasteiger partial charge in [-0.3, -0.25) is 4.79 Å². The Balaban J connectivity index is 2.98. The molecule has 0 bridgehead atoms. The Bertz CT molecular complexity index is 531. The molecule has 0 aliphatic carbocycles. The van der Waals surface area contributed by atoms with E-state index in [1.54, 1.807) is 23.9 Å². The molecule has 1 unspecified atom stereocenters. The summed E-state index contributed by atoms with van der Waals surface area (Å²) in [5.41, 5.74) is 1.21. The minimum absolute atomic E-state index is 0.0216. The molecule has 0 aliphatic rings. The summed E-state index contributed by atoms with van der Waals surface area (Å²) >= 11 is 1.59. The molecule has 0 saturated carbocycles. The molecule has 1 amide bonds. The number of ether oxygens (including phenoxy) is 1. The minimum atomic E-state index is -0.688. The molecule has 6 heteroatoms. The van der Waals surface area contributed by atoms with Crippen molar-refractivity contribution in [1.82, 2.24) is 5.32 Å². The van der Waals surface area contributed by atoms with E-state index in [1.807, 2.05) is 20.1 Å². The number of amides is 1. The number of hydrogen-bond acceptors (Lipinski definition) is 5. The zero-order valence-corrected chi connectivity index (χ0v) is 14.2. The number of esters is 1. The van der Waals surface area contributed by atoms with E-state index in [-0.39, 0.29) is 17.6 Å². The maximum absolute atomic E-state index is 12.5. The number of methoxy groups -OCH3 is 1. The molecule has 2 N–H and O–H groups in total. The lowest BCUT2D eigenvalue weighted by atomic mass is 9.96. The van der Waals surface area contributed by atoms with Crippen molar-refractivity contribution in [2.75, 3.05) is 19.1 Å². The molecular formula is C16H23NO4S. The van der Waals surface area contributed by atoms with Crippen LogP contribution in [0.5, 0.6) is 5.75 Å². The first-order chi connectivity index (χ1) is 10.4. The number of phenols is 1. The Morgan fingerprint density at radius 2 is 2.05 bits per heavy atom. The lowest BCUT2D eigenvalue weighted by molar-refractivity contribution is -0.142. The number of carbonyl (C=O) groups is 2. The fourth-order valence-electron chi connectivity index (χ4n) is 2.11. The summed E-state index contributed by atoms with van der Waals surface area (Å²) in [7, 11) is 1.30. The van der Waals surface area contributed by atoms with Gasteiger partial charge in [0.15, 0.2) is 0 Å². The minimum Gasteiger partial charge on any atom is -0.508 e. The Labute approximate surface area is 135 Å². The van der Waals surface area contributed by atoms with Crippen LogP contribution >= 0.6 is 11.8 Å². The molecule has 0 fully saturated rings. The molecular weight excluding hydrogens is 302 g/mol. The number of hydrogen-bond donors (Lipinski definition) is 2. The van der Waals surface area contributed by atoms with Gasteiger partial charge in [0.25, 0.3) is 5.91 Å². The van der Waals surface area contributed by atoms with Crippen molar-refractivity contribution < 1.29 is 19.4 Å². The molecule has 5 nitrogen and oxygen atoms in total. The highest BCUT2D eigenvalue weighted by molar-refractivity contribution is 7.98. The summed E-state index contributed by atoms with van der Waals surface area (Å²) in [6, 6.07) is 4.02. The molecule has 1 rings (SSSR count). The van der Waals surface area contributed by atoms with Gasteiger partial charge in [-0.25, -0.2) is 4.79 Å². The van der Waals surface area contributed by atoms with Crippen molar-refractivity contribution >= 4 is 23.6 Å². The second kappa shape index (κ2) is 8.68. The summed E-state index contributed by atoms with van der Waals surface area (Å²) in [4.78, 5) is 24.3. The van der Waals surface area contributed by atoms with Crippen LogP contribution in [0, 0.1) is 0 Å². The Morgan fingerprint density at radius 1 is 1.36 bits per heavy atom. The van der Waals surface area contributed by atoms with E-state index in [1.165, 1.54) is 13.2 Å². The summed E-state index contributed by atoms with van der Waals surface area (Å²) in [5.74, 6) is 0.0408. The molecule has 1 aromatic rings. The van der Waals surface area contributed by atoms with Crippen molar-refractivity contribution in [2.45, 2.75) is 32.2 Å². The number of aromatic hydroxyl groups is 1. The fraction of sp³-hybridized carbons (Fsp3) is 0.500. The van der Waals surface area contributed by atoms with Crippen molar-refractivity contribution in [3.8, 4) is 5.75 Å². The normalized spacial score (nSPS) is 12.0. The first-order valence-electron chi connectivity index (χ1n) is 7.11. The van der Waals surface area contributed by atoms with Gasteiger partial charge in [-0.05, 0) is 42.0 Å². The van der Waals surface area contributed by atoms with Crippen LogP contribution in [0.3, 0.4) is 0 Å². The Kier molecular flexibility index (Phi) is 7.24. The average Bonchev–Trinajstić information content (AvgIpc) is 2.49. The molecule has 0 aromatic heterocycles. The maximum Gasteiger partial charge on any atom is 0.328 e. The van der Waals surface area contributed by atoms with Crippen molar-refractivity contribution in [3.05, 3.63) is 29.3 Å². The maximum atomic E-state index is 12.5. The summed E-state index contributed by atoms with van der Waals surface area (Å²) in [6.45, 7) is 3.93. The first kappa shape index (κ1) is 18.4. The van der Waals surface area contributed by atoms with E-state index >= 15 is 0 Å². The van der Waals surface area contributed by atoms with Crippen LogP contribution in [0.1, 0.15) is 42.1 Å². The van der Waals surface area contributed by atoms with Gasteiger partial charge in [0, 0.05) is 5.56 Å². The number of phenolic OH excluding ortho intramolecular Hbond substituents is 1. The molecule has 1 atom stereocenters. The van der Waals surface area contributed by atoms with Crippen LogP contribution in [-0.4, -0.2) is 42.1 Å². The number of benzene rings is 1. The van der Waals surface area contributed by atoms with E-state index < -0.39 is 12.0 Å². The van der Waals surface area contributed by atoms with Crippen molar-refractivity contribution in [3.63, 3.8) is 0 Å². The second-order valence-corrected chi connectivity index (χ2v) is 6.24. The zero-order chi connectivity index (χ0) is 16.7. The highest BCUT2D eigenvalue weighted by Crippen LogP contribution is 2.23. The van der Waals surface area contributed by atoms with Gasteiger partial charge in [0.05, 0.1) is 7.11 Å². The van der Waals surface area contributed by atoms with Gasteiger partial charge >= 0.3 is 5.97 Å². The van der Waals surface area contributed by atoms with E-state index in [9.17, 15) is 14.7 Å². The van der Waals surface area contributed by atoms with Crippen LogP contribution in [0.15, 0.2) is 18.2 Å². The van der Waals surface area contributed by atoms with Crippen LogP contribution in [0.25, 0.3) is 0 Å². The van der Waals surface area contributed by atoms with Gasteiger partial charge in [0.1, 0.15) is 11.8 Å². The largest absolute Gasteiger partial charge is 0.508 e. The van der Waals surface area contributed by atoms with Gasteiger partial charge in [0.2, 0.25) is 0 Å². The van der Waals surface area contributed by atoms with Crippen LogP contribution < -0.4 is 5.32 Å². The Morgan fingerprint density at radius 3 is 2.59 bits per heavy atom. The lowest BCUT2D eigenvalue weighted by Crippen LogP contribution is -2.42. The molecule has 22 heavy (non-hydrogen) atoms. The molecule has 1 aromatic carbocycles. The summed E-state index contributed by atoms with van der Waals surface area (Å²) in [6.07, 6.45) is 2.43. The van der Waals surface area contributed by atoms with Gasteiger partial charge in [-0.2, -0.15) is 11.8 Å². The molecule has 0 heterocycles. The van der Waals surface area contributed by atoms with Crippen LogP contribution in [-0.2, 0) is 9.53 Å². The summed E-state index contributed by atoms with van der Waals surface area (Å²) < 4.78 is 4.74. The second-order valence-electron chi connectivity index (χ2n) is 5.26. The van der Waals surface area contributed by atoms with Crippen molar-refractivity contribution in [1.29, 1.82) is 0 Å². The zero-order valence-electron chi connectivity index (χ0n) is 13.4. The highest BCUT2D eigenvalue weighted by atomic mass is 32.2. The monoisotopic (exact) mass is 325 g/mol. The third kappa shape index (κ3) is 4.94. The van der Waals surface area contributed by atoms with Crippen LogP contribution in [0.4, 0.5) is 0 Å². The number of carbonyl (C=O) groups excluding carboxylic acids is 2. The molecule has 0 radical (unpaired) electrons. The van der Waals surface area contributed by atoms with Crippen molar-refractivity contribution in [2.24, 2.45) is 0 Å². The van der Waals surface area contributed by atoms with Gasteiger partial charge < -0.3 is 15.2 Å². The molecule has 0 aliphatic heterocycles. The topological polar surface area (TPSA) is 75.6 Å². The standard InChI is InChI=1S/C16H23NO4S/c1-10(2)12-6-5-11(18)9-13(12)15(19)17-14(7-8-22-4)16(20)21-3/h5-6,9-10,14,18H,7-8H2,1-4H3,(H,17,19). The predicted octanol–water partition coefficient (Wildman–Crippen LogP) is 2.54. The van der Waals surface area contributed by atoms with E-state index in [4.69, 9.17) is 4.74 Å². The number of thioether (sulfide) groups is 1. The third-order valence-corrected chi connectivity index (χ3v) is 3.95. The van der Waals surface area contributed by atoms with Gasteiger partial charge in [-0.1, -0.05) is 19.9 Å².